The molecule has 0 atom stereocenters. The molecule has 0 unspecified atom stereocenters. The lowest BCUT2D eigenvalue weighted by atomic mass is 10.1. The Morgan fingerprint density at radius 1 is 0.588 bits per heavy atom. The van der Waals surface area contributed by atoms with E-state index in [9.17, 15) is 0 Å². The molecule has 0 saturated carbocycles. The van der Waals surface area contributed by atoms with Gasteiger partial charge >= 0.3 is 0 Å². The smallest absolute Gasteiger partial charge is 0.234 e. The highest BCUT2D eigenvalue weighted by Gasteiger charge is 2.17. The molecule has 0 saturated heterocycles. The number of hydrogen-bond acceptors (Lipinski definition) is 0. The quantitative estimate of drug-likeness (QED) is 0.120. The lowest BCUT2D eigenvalue weighted by molar-refractivity contribution is -0.695. The Morgan fingerprint density at radius 2 is 1.09 bits per heavy atom. The van der Waals surface area contributed by atoms with Gasteiger partial charge in [0.25, 0.3) is 5.82 Å². The van der Waals surface area contributed by atoms with E-state index in [1.165, 1.54) is 140 Å². The summed E-state index contributed by atoms with van der Waals surface area (Å²) in [5, 5.41) is 0. The molecule has 0 aliphatic carbocycles. The van der Waals surface area contributed by atoms with Gasteiger partial charge in [-0.2, -0.15) is 0 Å². The average molecular weight is 468 g/mol. The molecule has 1 aromatic carbocycles. The van der Waals surface area contributed by atoms with Crippen LogP contribution < -0.4 is 4.57 Å². The van der Waals surface area contributed by atoms with Gasteiger partial charge in [0.1, 0.15) is 18.9 Å². The third-order valence-corrected chi connectivity index (χ3v) is 7.29. The molecule has 0 bridgehead atoms. The Hall–Kier alpha value is -1.57. The summed E-state index contributed by atoms with van der Waals surface area (Å²) >= 11 is 0. The van der Waals surface area contributed by atoms with Gasteiger partial charge < -0.3 is 0 Å². The summed E-state index contributed by atoms with van der Waals surface area (Å²) < 4.78 is 5.07. The van der Waals surface area contributed by atoms with Crippen LogP contribution in [0.1, 0.15) is 141 Å². The zero-order valence-electron chi connectivity index (χ0n) is 22.8. The van der Waals surface area contributed by atoms with Crippen molar-refractivity contribution in [3.8, 4) is 0 Å². The number of nitrogens with zero attached hydrogens (tertiary/aromatic N) is 2. The molecule has 0 amide bonds. The molecule has 1 aromatic heterocycles. The van der Waals surface area contributed by atoms with Crippen LogP contribution in [0.15, 0.2) is 42.7 Å². The first-order valence-corrected chi connectivity index (χ1v) is 15.0. The molecule has 192 valence electrons. The van der Waals surface area contributed by atoms with E-state index in [4.69, 9.17) is 0 Å². The van der Waals surface area contributed by atoms with E-state index in [0.717, 1.165) is 6.54 Å². The highest BCUT2D eigenvalue weighted by molar-refractivity contribution is 5.13. The molecular formula is C32H55N2+. The molecule has 0 fully saturated rings. The van der Waals surface area contributed by atoms with Gasteiger partial charge in [0.05, 0.1) is 6.54 Å². The molecule has 0 spiro atoms. The maximum Gasteiger partial charge on any atom is 0.256 e. The average Bonchev–Trinajstić information content (AvgIpc) is 3.23. The third-order valence-electron chi connectivity index (χ3n) is 7.29. The van der Waals surface area contributed by atoms with E-state index in [1.807, 2.05) is 0 Å². The molecule has 0 N–H and O–H groups in total. The predicted octanol–water partition coefficient (Wildman–Crippen LogP) is 9.43. The van der Waals surface area contributed by atoms with Crippen LogP contribution in [0.3, 0.4) is 0 Å². The van der Waals surface area contributed by atoms with Crippen LogP contribution in [0.5, 0.6) is 0 Å². The van der Waals surface area contributed by atoms with Crippen LogP contribution in [0, 0.1) is 0 Å². The van der Waals surface area contributed by atoms with Crippen molar-refractivity contribution in [1.29, 1.82) is 0 Å². The topological polar surface area (TPSA) is 8.81 Å². The Kier molecular flexibility index (Phi) is 16.6. The fourth-order valence-corrected chi connectivity index (χ4v) is 5.10. The van der Waals surface area contributed by atoms with Gasteiger partial charge in [0.15, 0.2) is 0 Å². The number of aromatic nitrogens is 2. The molecule has 0 aliphatic rings. The number of benzene rings is 1. The van der Waals surface area contributed by atoms with Crippen LogP contribution >= 0.6 is 0 Å². The summed E-state index contributed by atoms with van der Waals surface area (Å²) in [5.41, 5.74) is 1.40. The van der Waals surface area contributed by atoms with Crippen LogP contribution in [0.25, 0.3) is 0 Å². The molecule has 0 aliphatic heterocycles. The van der Waals surface area contributed by atoms with Crippen LogP contribution in [-0.2, 0) is 19.5 Å². The van der Waals surface area contributed by atoms with Crippen LogP contribution in [0.2, 0.25) is 0 Å². The number of imidazole rings is 1. The van der Waals surface area contributed by atoms with E-state index >= 15 is 0 Å². The fraction of sp³-hybridized carbons (Fsp3) is 0.719. The first-order chi connectivity index (χ1) is 16.8. The Morgan fingerprint density at radius 3 is 1.65 bits per heavy atom. The van der Waals surface area contributed by atoms with Crippen molar-refractivity contribution in [3.63, 3.8) is 0 Å². The molecule has 2 rings (SSSR count). The summed E-state index contributed by atoms with van der Waals surface area (Å²) in [5.74, 6) is 1.53. The van der Waals surface area contributed by atoms with Crippen molar-refractivity contribution in [2.75, 3.05) is 0 Å². The monoisotopic (exact) mass is 467 g/mol. The summed E-state index contributed by atoms with van der Waals surface area (Å²) in [6.07, 6.45) is 31.1. The van der Waals surface area contributed by atoms with Crippen molar-refractivity contribution in [2.24, 2.45) is 0 Å². The fourth-order valence-electron chi connectivity index (χ4n) is 5.10. The van der Waals surface area contributed by atoms with Gasteiger partial charge in [-0.1, -0.05) is 140 Å². The van der Waals surface area contributed by atoms with E-state index in [1.54, 1.807) is 0 Å². The van der Waals surface area contributed by atoms with Crippen LogP contribution in [0.4, 0.5) is 0 Å². The zero-order chi connectivity index (χ0) is 24.1. The summed E-state index contributed by atoms with van der Waals surface area (Å²) in [6, 6.07) is 11.0. The van der Waals surface area contributed by atoms with E-state index in [2.05, 4.69) is 65.7 Å². The Balaban J connectivity index is 1.75. The first-order valence-electron chi connectivity index (χ1n) is 15.0. The molecule has 0 radical (unpaired) electrons. The minimum absolute atomic E-state index is 0.998. The van der Waals surface area contributed by atoms with Crippen molar-refractivity contribution in [1.82, 2.24) is 4.57 Å². The van der Waals surface area contributed by atoms with Crippen molar-refractivity contribution in [2.45, 2.75) is 149 Å². The maximum atomic E-state index is 2.56. The van der Waals surface area contributed by atoms with Crippen LogP contribution in [-0.4, -0.2) is 4.57 Å². The molecule has 2 aromatic rings. The lowest BCUT2D eigenvalue weighted by Crippen LogP contribution is -2.37. The van der Waals surface area contributed by atoms with Crippen molar-refractivity contribution in [3.05, 3.63) is 54.1 Å². The van der Waals surface area contributed by atoms with E-state index in [-0.39, 0.29) is 0 Å². The van der Waals surface area contributed by atoms with Gasteiger partial charge in [-0.15, -0.1) is 0 Å². The summed E-state index contributed by atoms with van der Waals surface area (Å²) in [7, 11) is 0. The molecule has 2 heteroatoms. The Bertz CT molecular complexity index is 703. The minimum atomic E-state index is 0.998. The van der Waals surface area contributed by atoms with Crippen molar-refractivity contribution >= 4 is 0 Å². The first kappa shape index (κ1) is 28.7. The van der Waals surface area contributed by atoms with E-state index < -0.39 is 0 Å². The standard InChI is InChI=1S/C32H55N2/c1-3-5-7-9-11-13-15-17-22-26-32-33(27-23-18-16-14-12-10-8-6-4-2)28-29-34(32)30-31-24-20-19-21-25-31/h19-21,24-25,28-29H,3-18,22-23,26-27,30H2,1-2H3/q+1. The second-order valence-corrected chi connectivity index (χ2v) is 10.4. The number of hydrogen-bond donors (Lipinski definition) is 0. The third kappa shape index (κ3) is 12.8. The maximum absolute atomic E-state index is 2.56. The summed E-state index contributed by atoms with van der Waals surface area (Å²) in [4.78, 5) is 0. The van der Waals surface area contributed by atoms with Gasteiger partial charge in [0, 0.05) is 6.42 Å². The number of rotatable bonds is 22. The normalized spacial score (nSPS) is 11.4. The van der Waals surface area contributed by atoms with E-state index in [0.29, 0.717) is 0 Å². The largest absolute Gasteiger partial charge is 0.256 e. The predicted molar refractivity (Wildman–Crippen MR) is 148 cm³/mol. The highest BCUT2D eigenvalue weighted by Crippen LogP contribution is 2.14. The van der Waals surface area contributed by atoms with Gasteiger partial charge in [-0.25, -0.2) is 9.13 Å². The molecular weight excluding hydrogens is 412 g/mol. The van der Waals surface area contributed by atoms with Gasteiger partial charge in [0.2, 0.25) is 0 Å². The summed E-state index contributed by atoms with van der Waals surface area (Å²) in [6.45, 7) is 6.78. The molecule has 1 heterocycles. The second kappa shape index (κ2) is 19.7. The van der Waals surface area contributed by atoms with Crippen molar-refractivity contribution < 1.29 is 4.57 Å². The zero-order valence-corrected chi connectivity index (χ0v) is 22.8. The Labute approximate surface area is 212 Å². The van der Waals surface area contributed by atoms with Gasteiger partial charge in [-0.3, -0.25) is 0 Å². The minimum Gasteiger partial charge on any atom is -0.234 e. The lowest BCUT2D eigenvalue weighted by Gasteiger charge is -2.07. The second-order valence-electron chi connectivity index (χ2n) is 10.4. The number of aryl methyl sites for hydroxylation is 1. The van der Waals surface area contributed by atoms with Gasteiger partial charge in [-0.05, 0) is 24.8 Å². The molecule has 34 heavy (non-hydrogen) atoms. The molecule has 2 nitrogen and oxygen atoms in total. The highest BCUT2D eigenvalue weighted by atomic mass is 15.1. The SMILES string of the molecule is CCCCCCCCCCCc1n(CCCCCCCCCCC)cc[n+]1Cc1ccccc1. The number of unbranched alkanes of at least 4 members (excludes halogenated alkanes) is 16.